The van der Waals surface area contributed by atoms with Crippen LogP contribution in [0.5, 0.6) is 0 Å². The van der Waals surface area contributed by atoms with Crippen LogP contribution < -0.4 is 4.90 Å². The summed E-state index contributed by atoms with van der Waals surface area (Å²) in [4.78, 5) is 5.00. The first-order valence-electron chi connectivity index (χ1n) is 7.67. The average molecular weight is 339 g/mol. The van der Waals surface area contributed by atoms with Crippen molar-refractivity contribution in [1.29, 1.82) is 0 Å². The second-order valence-corrected chi connectivity index (χ2v) is 6.76. The predicted octanol–water partition coefficient (Wildman–Crippen LogP) is 2.66. The van der Waals surface area contributed by atoms with Crippen molar-refractivity contribution >= 4 is 21.6 Å². The second-order valence-electron chi connectivity index (χ2n) is 5.90. The standard InChI is InChI=1S/C16H23BrN2O/c17-15-3-1-4-16-14(15)7-12-19(16)9-2-8-18-10-5-13(20)6-11-18/h1,3-4,13,20H,2,5-12H2. The van der Waals surface area contributed by atoms with Gasteiger partial charge in [0.25, 0.3) is 0 Å². The zero-order valence-corrected chi connectivity index (χ0v) is 13.5. The van der Waals surface area contributed by atoms with E-state index in [2.05, 4.69) is 43.9 Å². The lowest BCUT2D eigenvalue weighted by molar-refractivity contribution is 0.0823. The monoisotopic (exact) mass is 338 g/mol. The summed E-state index contributed by atoms with van der Waals surface area (Å²) in [5.41, 5.74) is 2.88. The third-order valence-electron chi connectivity index (χ3n) is 4.53. The molecule has 2 aliphatic heterocycles. The normalized spacial score (nSPS) is 20.4. The number of likely N-dealkylation sites (tertiary alicyclic amines) is 1. The van der Waals surface area contributed by atoms with Gasteiger partial charge in [-0.3, -0.25) is 0 Å². The van der Waals surface area contributed by atoms with E-state index in [1.165, 1.54) is 22.1 Å². The Kier molecular flexibility index (Phi) is 4.64. The predicted molar refractivity (Wildman–Crippen MR) is 86.4 cm³/mol. The number of rotatable bonds is 4. The molecule has 1 saturated heterocycles. The third-order valence-corrected chi connectivity index (χ3v) is 5.27. The topological polar surface area (TPSA) is 26.7 Å². The molecule has 0 atom stereocenters. The lowest BCUT2D eigenvalue weighted by Gasteiger charge is -2.30. The maximum atomic E-state index is 9.52. The van der Waals surface area contributed by atoms with Gasteiger partial charge in [-0.15, -0.1) is 0 Å². The van der Waals surface area contributed by atoms with Crippen LogP contribution in [0, 0.1) is 0 Å². The summed E-state index contributed by atoms with van der Waals surface area (Å²) in [7, 11) is 0. The highest BCUT2D eigenvalue weighted by molar-refractivity contribution is 9.10. The molecule has 1 aromatic rings. The van der Waals surface area contributed by atoms with Crippen molar-refractivity contribution < 1.29 is 5.11 Å². The van der Waals surface area contributed by atoms with Crippen LogP contribution in [0.3, 0.4) is 0 Å². The van der Waals surface area contributed by atoms with Crippen molar-refractivity contribution in [2.45, 2.75) is 31.8 Å². The molecule has 2 heterocycles. The van der Waals surface area contributed by atoms with Gasteiger partial charge in [0.2, 0.25) is 0 Å². The molecule has 110 valence electrons. The van der Waals surface area contributed by atoms with Crippen molar-refractivity contribution in [2.75, 3.05) is 37.6 Å². The lowest BCUT2D eigenvalue weighted by Crippen LogP contribution is -2.37. The van der Waals surface area contributed by atoms with E-state index in [1.807, 2.05) is 0 Å². The number of aliphatic hydroxyl groups is 1. The molecule has 3 nitrogen and oxygen atoms in total. The van der Waals surface area contributed by atoms with Crippen molar-refractivity contribution in [3.63, 3.8) is 0 Å². The Hall–Kier alpha value is -0.580. The average Bonchev–Trinajstić information content (AvgIpc) is 2.86. The summed E-state index contributed by atoms with van der Waals surface area (Å²) in [6, 6.07) is 6.51. The maximum Gasteiger partial charge on any atom is 0.0564 e. The number of fused-ring (bicyclic) bond motifs is 1. The fourth-order valence-corrected chi connectivity index (χ4v) is 3.87. The summed E-state index contributed by atoms with van der Waals surface area (Å²) in [6.07, 6.45) is 4.20. The van der Waals surface area contributed by atoms with Crippen molar-refractivity contribution in [1.82, 2.24) is 4.90 Å². The Morgan fingerprint density at radius 2 is 1.95 bits per heavy atom. The third kappa shape index (κ3) is 3.18. The van der Waals surface area contributed by atoms with E-state index in [9.17, 15) is 5.11 Å². The van der Waals surface area contributed by atoms with E-state index in [-0.39, 0.29) is 6.10 Å². The molecule has 0 bridgehead atoms. The van der Waals surface area contributed by atoms with Crippen LogP contribution in [-0.2, 0) is 6.42 Å². The van der Waals surface area contributed by atoms with Crippen LogP contribution in [0.2, 0.25) is 0 Å². The van der Waals surface area contributed by atoms with E-state index < -0.39 is 0 Å². The minimum Gasteiger partial charge on any atom is -0.393 e. The van der Waals surface area contributed by atoms with E-state index in [4.69, 9.17) is 0 Å². The second kappa shape index (κ2) is 6.46. The van der Waals surface area contributed by atoms with Crippen LogP contribution in [-0.4, -0.2) is 48.8 Å². The molecule has 3 rings (SSSR count). The summed E-state index contributed by atoms with van der Waals surface area (Å²) < 4.78 is 1.25. The zero-order valence-electron chi connectivity index (χ0n) is 11.9. The van der Waals surface area contributed by atoms with E-state index in [0.717, 1.165) is 52.0 Å². The number of hydrogen-bond acceptors (Lipinski definition) is 3. The van der Waals surface area contributed by atoms with E-state index >= 15 is 0 Å². The molecule has 1 aromatic carbocycles. The van der Waals surface area contributed by atoms with Crippen molar-refractivity contribution in [3.8, 4) is 0 Å². The van der Waals surface area contributed by atoms with Gasteiger partial charge in [0.05, 0.1) is 6.10 Å². The Morgan fingerprint density at radius 1 is 1.15 bits per heavy atom. The van der Waals surface area contributed by atoms with Gasteiger partial charge < -0.3 is 14.9 Å². The maximum absolute atomic E-state index is 9.52. The molecule has 0 radical (unpaired) electrons. The largest absolute Gasteiger partial charge is 0.393 e. The number of aliphatic hydroxyl groups excluding tert-OH is 1. The van der Waals surface area contributed by atoms with Crippen LogP contribution in [0.4, 0.5) is 5.69 Å². The van der Waals surface area contributed by atoms with E-state index in [1.54, 1.807) is 0 Å². The summed E-state index contributed by atoms with van der Waals surface area (Å²) in [5, 5.41) is 9.52. The molecule has 20 heavy (non-hydrogen) atoms. The highest BCUT2D eigenvalue weighted by Gasteiger charge is 2.21. The van der Waals surface area contributed by atoms with Gasteiger partial charge in [-0.05, 0) is 49.9 Å². The molecule has 0 amide bonds. The smallest absolute Gasteiger partial charge is 0.0564 e. The number of piperidine rings is 1. The number of anilines is 1. The fourth-order valence-electron chi connectivity index (χ4n) is 3.32. The molecule has 4 heteroatoms. The van der Waals surface area contributed by atoms with E-state index in [0.29, 0.717) is 0 Å². The Balaban J connectivity index is 1.48. The molecular weight excluding hydrogens is 316 g/mol. The number of halogens is 1. The molecular formula is C16H23BrN2O. The summed E-state index contributed by atoms with van der Waals surface area (Å²) in [5.74, 6) is 0. The first-order valence-corrected chi connectivity index (χ1v) is 8.46. The molecule has 0 aliphatic carbocycles. The summed E-state index contributed by atoms with van der Waals surface area (Å²) >= 11 is 3.65. The van der Waals surface area contributed by atoms with Gasteiger partial charge in [0.1, 0.15) is 0 Å². The molecule has 2 aliphatic rings. The molecule has 1 fully saturated rings. The van der Waals surface area contributed by atoms with Gasteiger partial charge in [-0.1, -0.05) is 22.0 Å². The molecule has 1 N–H and O–H groups in total. The zero-order chi connectivity index (χ0) is 13.9. The number of hydrogen-bond donors (Lipinski definition) is 1. The van der Waals surface area contributed by atoms with Crippen molar-refractivity contribution in [2.24, 2.45) is 0 Å². The molecule has 0 unspecified atom stereocenters. The quantitative estimate of drug-likeness (QED) is 0.914. The number of nitrogens with zero attached hydrogens (tertiary/aromatic N) is 2. The molecule has 0 saturated carbocycles. The van der Waals surface area contributed by atoms with Crippen LogP contribution >= 0.6 is 15.9 Å². The first kappa shape index (κ1) is 14.4. The molecule has 0 spiro atoms. The minimum absolute atomic E-state index is 0.0611. The molecule has 0 aromatic heterocycles. The van der Waals surface area contributed by atoms with Gasteiger partial charge >= 0.3 is 0 Å². The highest BCUT2D eigenvalue weighted by Crippen LogP contribution is 2.33. The Morgan fingerprint density at radius 3 is 2.75 bits per heavy atom. The SMILES string of the molecule is OC1CCN(CCCN2CCc3c(Br)cccc32)CC1. The van der Waals surface area contributed by atoms with Crippen molar-refractivity contribution in [3.05, 3.63) is 28.2 Å². The number of benzene rings is 1. The van der Waals surface area contributed by atoms with Gasteiger partial charge in [0.15, 0.2) is 0 Å². The lowest BCUT2D eigenvalue weighted by atomic mass is 10.1. The first-order chi connectivity index (χ1) is 9.74. The van der Waals surface area contributed by atoms with Crippen LogP contribution in [0.25, 0.3) is 0 Å². The highest BCUT2D eigenvalue weighted by atomic mass is 79.9. The fraction of sp³-hybridized carbons (Fsp3) is 0.625. The Bertz CT molecular complexity index is 458. The summed E-state index contributed by atoms with van der Waals surface area (Å²) in [6.45, 7) is 5.57. The minimum atomic E-state index is -0.0611. The van der Waals surface area contributed by atoms with Crippen LogP contribution in [0.1, 0.15) is 24.8 Å². The van der Waals surface area contributed by atoms with Gasteiger partial charge in [0, 0.05) is 36.3 Å². The van der Waals surface area contributed by atoms with Crippen LogP contribution in [0.15, 0.2) is 22.7 Å². The van der Waals surface area contributed by atoms with Gasteiger partial charge in [-0.25, -0.2) is 0 Å². The Labute approximate surface area is 129 Å². The van der Waals surface area contributed by atoms with Gasteiger partial charge in [-0.2, -0.15) is 0 Å².